The molecule has 0 saturated carbocycles. The predicted molar refractivity (Wildman–Crippen MR) is 113 cm³/mol. The van der Waals surface area contributed by atoms with Crippen molar-refractivity contribution in [3.8, 4) is 0 Å². The van der Waals surface area contributed by atoms with Gasteiger partial charge in [0.2, 0.25) is 0 Å². The zero-order chi connectivity index (χ0) is 18.9. The van der Waals surface area contributed by atoms with Gasteiger partial charge in [-0.25, -0.2) is 0 Å². The maximum Gasteiger partial charge on any atom is 0.0125 e. The lowest BCUT2D eigenvalue weighted by Crippen LogP contribution is -2.54. The van der Waals surface area contributed by atoms with Crippen LogP contribution in [0, 0.1) is 11.3 Å². The van der Waals surface area contributed by atoms with Gasteiger partial charge >= 0.3 is 0 Å². The van der Waals surface area contributed by atoms with E-state index >= 15 is 0 Å². The van der Waals surface area contributed by atoms with Crippen LogP contribution in [0.4, 0.5) is 0 Å². The average molecular weight is 364 g/mol. The van der Waals surface area contributed by atoms with Crippen LogP contribution in [0.5, 0.6) is 0 Å². The molecule has 3 fully saturated rings. The molecule has 26 heavy (non-hydrogen) atoms. The second-order valence-corrected chi connectivity index (χ2v) is 11.3. The Morgan fingerprint density at radius 1 is 0.538 bits per heavy atom. The molecule has 0 unspecified atom stereocenters. The number of hydrogen-bond donors (Lipinski definition) is 0. The van der Waals surface area contributed by atoms with Gasteiger partial charge in [-0.05, 0) is 96.8 Å². The summed E-state index contributed by atoms with van der Waals surface area (Å²) in [6, 6.07) is 1.71. The van der Waals surface area contributed by atoms with Gasteiger partial charge in [-0.1, -0.05) is 20.8 Å². The first-order chi connectivity index (χ1) is 12.1. The molecule has 3 saturated heterocycles. The number of nitrogens with zero attached hydrogens (tertiary/aromatic N) is 3. The average Bonchev–Trinajstić information content (AvgIpc) is 2.61. The summed E-state index contributed by atoms with van der Waals surface area (Å²) in [6.45, 7) is 22.3. The van der Waals surface area contributed by atoms with Gasteiger partial charge < -0.3 is 9.80 Å². The molecule has 0 aliphatic carbocycles. The van der Waals surface area contributed by atoms with E-state index in [-0.39, 0.29) is 0 Å². The van der Waals surface area contributed by atoms with Gasteiger partial charge in [0.1, 0.15) is 0 Å². The summed E-state index contributed by atoms with van der Waals surface area (Å²) < 4.78 is 0. The van der Waals surface area contributed by atoms with E-state index in [1.54, 1.807) is 0 Å². The Kier molecular flexibility index (Phi) is 6.41. The summed E-state index contributed by atoms with van der Waals surface area (Å²) in [5.41, 5.74) is 0.842. The molecule has 0 aromatic rings. The van der Waals surface area contributed by atoms with Crippen molar-refractivity contribution in [3.63, 3.8) is 0 Å². The molecule has 0 radical (unpaired) electrons. The Morgan fingerprint density at radius 3 is 1.31 bits per heavy atom. The van der Waals surface area contributed by atoms with Gasteiger partial charge in [0.05, 0.1) is 0 Å². The first-order valence-electron chi connectivity index (χ1n) is 11.4. The van der Waals surface area contributed by atoms with E-state index in [0.29, 0.717) is 11.0 Å². The molecule has 3 aliphatic heterocycles. The highest BCUT2D eigenvalue weighted by atomic mass is 15.2. The van der Waals surface area contributed by atoms with Crippen molar-refractivity contribution in [1.29, 1.82) is 0 Å². The molecule has 3 rings (SSSR count). The molecular weight excluding hydrogens is 318 g/mol. The standard InChI is InChI=1S/C23H45N3/c1-22(2,3)19-7-13-24(14-8-19)20-9-15-25(16-10-20)21-11-17-26(18-12-21)23(4,5)6/h19-21H,7-18H2,1-6H3. The molecule has 0 bridgehead atoms. The molecular formula is C23H45N3. The minimum absolute atomic E-state index is 0.344. The molecule has 3 aliphatic rings. The first kappa shape index (κ1) is 20.6. The smallest absolute Gasteiger partial charge is 0.0125 e. The fraction of sp³-hybridized carbons (Fsp3) is 1.00. The summed E-state index contributed by atoms with van der Waals surface area (Å²) >= 11 is 0. The van der Waals surface area contributed by atoms with E-state index in [4.69, 9.17) is 0 Å². The number of likely N-dealkylation sites (tertiary alicyclic amines) is 3. The van der Waals surface area contributed by atoms with Crippen LogP contribution in [-0.4, -0.2) is 71.6 Å². The predicted octanol–water partition coefficient (Wildman–Crippen LogP) is 4.47. The molecule has 0 spiro atoms. The van der Waals surface area contributed by atoms with Gasteiger partial charge in [-0.15, -0.1) is 0 Å². The van der Waals surface area contributed by atoms with Gasteiger partial charge in [-0.2, -0.15) is 0 Å². The largest absolute Gasteiger partial charge is 0.300 e. The number of hydrogen-bond acceptors (Lipinski definition) is 3. The Balaban J connectivity index is 1.40. The Morgan fingerprint density at radius 2 is 0.923 bits per heavy atom. The van der Waals surface area contributed by atoms with Gasteiger partial charge in [0.25, 0.3) is 0 Å². The maximum atomic E-state index is 2.84. The maximum absolute atomic E-state index is 2.84. The first-order valence-corrected chi connectivity index (χ1v) is 11.4. The molecule has 0 aromatic heterocycles. The summed E-state index contributed by atoms with van der Waals surface area (Å²) in [5, 5.41) is 0. The summed E-state index contributed by atoms with van der Waals surface area (Å²) in [6.07, 6.45) is 8.38. The van der Waals surface area contributed by atoms with E-state index in [0.717, 1.165) is 18.0 Å². The fourth-order valence-electron chi connectivity index (χ4n) is 5.65. The van der Waals surface area contributed by atoms with Crippen molar-refractivity contribution in [2.24, 2.45) is 11.3 Å². The molecule has 152 valence electrons. The van der Waals surface area contributed by atoms with Crippen LogP contribution in [0.1, 0.15) is 80.1 Å². The van der Waals surface area contributed by atoms with Crippen molar-refractivity contribution in [2.75, 3.05) is 39.3 Å². The van der Waals surface area contributed by atoms with Gasteiger partial charge in [0.15, 0.2) is 0 Å². The van der Waals surface area contributed by atoms with Crippen molar-refractivity contribution >= 4 is 0 Å². The third-order valence-corrected chi connectivity index (χ3v) is 7.70. The van der Waals surface area contributed by atoms with E-state index < -0.39 is 0 Å². The van der Waals surface area contributed by atoms with Crippen molar-refractivity contribution in [3.05, 3.63) is 0 Å². The van der Waals surface area contributed by atoms with Crippen LogP contribution in [-0.2, 0) is 0 Å². The Labute approximate surface area is 163 Å². The molecule has 0 aromatic carbocycles. The van der Waals surface area contributed by atoms with Crippen molar-refractivity contribution < 1.29 is 0 Å². The minimum atomic E-state index is 0.344. The lowest BCUT2D eigenvalue weighted by molar-refractivity contribution is 0.0179. The molecule has 0 amide bonds. The highest BCUT2D eigenvalue weighted by Crippen LogP contribution is 2.36. The van der Waals surface area contributed by atoms with Crippen LogP contribution >= 0.6 is 0 Å². The normalized spacial score (nSPS) is 27.9. The molecule has 3 nitrogen and oxygen atoms in total. The number of rotatable bonds is 2. The lowest BCUT2D eigenvalue weighted by atomic mass is 9.75. The molecule has 0 N–H and O–H groups in total. The van der Waals surface area contributed by atoms with Crippen molar-refractivity contribution in [2.45, 2.75) is 97.7 Å². The number of piperidine rings is 3. The van der Waals surface area contributed by atoms with Crippen molar-refractivity contribution in [1.82, 2.24) is 14.7 Å². The highest BCUT2D eigenvalue weighted by molar-refractivity contribution is 4.90. The third kappa shape index (κ3) is 5.02. The fourth-order valence-corrected chi connectivity index (χ4v) is 5.65. The highest BCUT2D eigenvalue weighted by Gasteiger charge is 2.35. The quantitative estimate of drug-likeness (QED) is 0.716. The van der Waals surface area contributed by atoms with Gasteiger partial charge in [-0.3, -0.25) is 4.90 Å². The summed E-state index contributed by atoms with van der Waals surface area (Å²) in [7, 11) is 0. The van der Waals surface area contributed by atoms with Crippen LogP contribution in [0.3, 0.4) is 0 Å². The minimum Gasteiger partial charge on any atom is -0.300 e. The molecule has 3 heterocycles. The second kappa shape index (κ2) is 8.09. The van der Waals surface area contributed by atoms with Gasteiger partial charge in [0, 0.05) is 30.7 Å². The van der Waals surface area contributed by atoms with E-state index in [9.17, 15) is 0 Å². The van der Waals surface area contributed by atoms with E-state index in [1.165, 1.54) is 77.8 Å². The van der Waals surface area contributed by atoms with Crippen LogP contribution in [0.2, 0.25) is 0 Å². The lowest BCUT2D eigenvalue weighted by Gasteiger charge is -2.48. The Bertz CT molecular complexity index is 381. The second-order valence-electron chi connectivity index (χ2n) is 11.3. The zero-order valence-corrected chi connectivity index (χ0v) is 18.6. The molecule has 0 atom stereocenters. The van der Waals surface area contributed by atoms with Crippen LogP contribution in [0.15, 0.2) is 0 Å². The summed E-state index contributed by atoms with van der Waals surface area (Å²) in [5.74, 6) is 0.923. The third-order valence-electron chi connectivity index (χ3n) is 7.70. The summed E-state index contributed by atoms with van der Waals surface area (Å²) in [4.78, 5) is 8.34. The molecule has 3 heteroatoms. The SMILES string of the molecule is CC(C)(C)C1CCN(C2CCN(C3CCN(C(C)(C)C)CC3)CC2)CC1. The van der Waals surface area contributed by atoms with E-state index in [2.05, 4.69) is 56.2 Å². The topological polar surface area (TPSA) is 9.72 Å². The van der Waals surface area contributed by atoms with Crippen LogP contribution < -0.4 is 0 Å². The van der Waals surface area contributed by atoms with Crippen LogP contribution in [0.25, 0.3) is 0 Å². The monoisotopic (exact) mass is 363 g/mol. The zero-order valence-electron chi connectivity index (χ0n) is 18.6. The Hall–Kier alpha value is -0.120. The van der Waals surface area contributed by atoms with E-state index in [1.807, 2.05) is 0 Å².